The number of nitrogens with one attached hydrogen (secondary N) is 1. The Morgan fingerprint density at radius 1 is 1.26 bits per heavy atom. The van der Waals surface area contributed by atoms with Crippen molar-refractivity contribution in [2.75, 3.05) is 13.6 Å². The second-order valence-electron chi connectivity index (χ2n) is 7.10. The van der Waals surface area contributed by atoms with Crippen LogP contribution in [0.5, 0.6) is 0 Å². The van der Waals surface area contributed by atoms with Gasteiger partial charge in [0.2, 0.25) is 0 Å². The van der Waals surface area contributed by atoms with Crippen molar-refractivity contribution < 1.29 is 0 Å². The molecule has 3 nitrogen and oxygen atoms in total. The van der Waals surface area contributed by atoms with Gasteiger partial charge in [-0.15, -0.1) is 0 Å². The van der Waals surface area contributed by atoms with E-state index >= 15 is 0 Å². The number of nitrogens with zero attached hydrogens (tertiary/aromatic N) is 1. The van der Waals surface area contributed by atoms with Gasteiger partial charge < -0.3 is 15.6 Å². The van der Waals surface area contributed by atoms with Crippen LogP contribution in [-0.2, 0) is 0 Å². The van der Waals surface area contributed by atoms with Crippen LogP contribution in [0.15, 0.2) is 36.4 Å². The zero-order chi connectivity index (χ0) is 16.4. The van der Waals surface area contributed by atoms with E-state index in [1.165, 1.54) is 41.9 Å². The molecule has 0 spiro atoms. The topological polar surface area (TPSA) is 45.0 Å². The second kappa shape index (κ2) is 6.90. The highest BCUT2D eigenvalue weighted by atomic mass is 15.1. The van der Waals surface area contributed by atoms with Gasteiger partial charge >= 0.3 is 0 Å². The van der Waals surface area contributed by atoms with Gasteiger partial charge in [-0.1, -0.05) is 30.3 Å². The lowest BCUT2D eigenvalue weighted by atomic mass is 9.82. The van der Waals surface area contributed by atoms with E-state index in [0.717, 1.165) is 6.42 Å². The Morgan fingerprint density at radius 3 is 2.57 bits per heavy atom. The summed E-state index contributed by atoms with van der Waals surface area (Å²) >= 11 is 0. The Labute approximate surface area is 139 Å². The third-order valence-corrected chi connectivity index (χ3v) is 5.33. The average molecular weight is 311 g/mol. The van der Waals surface area contributed by atoms with E-state index in [1.807, 2.05) is 0 Å². The molecule has 0 saturated carbocycles. The molecular weight excluding hydrogens is 282 g/mol. The smallest absolute Gasteiger partial charge is 0.0259 e. The molecule has 0 bridgehead atoms. The van der Waals surface area contributed by atoms with Gasteiger partial charge in [0.05, 0.1) is 0 Å². The molecule has 3 N–H and O–H groups in total. The lowest BCUT2D eigenvalue weighted by Crippen LogP contribution is -2.37. The lowest BCUT2D eigenvalue weighted by Gasteiger charge is -2.29. The molecule has 1 aliphatic rings. The van der Waals surface area contributed by atoms with Crippen molar-refractivity contribution in [1.82, 2.24) is 9.88 Å². The molecule has 1 saturated heterocycles. The first-order valence-electron chi connectivity index (χ1n) is 8.73. The molecular formula is C20H29N3. The quantitative estimate of drug-likeness (QED) is 0.886. The Morgan fingerprint density at radius 2 is 2.00 bits per heavy atom. The van der Waals surface area contributed by atoms with Crippen LogP contribution in [0.25, 0.3) is 0 Å². The second-order valence-corrected chi connectivity index (χ2v) is 7.10. The van der Waals surface area contributed by atoms with Gasteiger partial charge in [0, 0.05) is 29.4 Å². The van der Waals surface area contributed by atoms with Crippen LogP contribution >= 0.6 is 0 Å². The highest BCUT2D eigenvalue weighted by Gasteiger charge is 2.29. The number of aryl methyl sites for hydroxylation is 2. The highest BCUT2D eigenvalue weighted by molar-refractivity contribution is 5.38. The molecule has 0 radical (unpaired) electrons. The van der Waals surface area contributed by atoms with E-state index in [0.29, 0.717) is 6.04 Å². The first-order valence-corrected chi connectivity index (χ1v) is 8.73. The van der Waals surface area contributed by atoms with Gasteiger partial charge in [0.1, 0.15) is 0 Å². The minimum absolute atomic E-state index is 0.136. The Bertz CT molecular complexity index is 632. The zero-order valence-electron chi connectivity index (χ0n) is 14.5. The summed E-state index contributed by atoms with van der Waals surface area (Å²) in [5.74, 6) is 0.259. The maximum atomic E-state index is 6.76. The highest BCUT2D eigenvalue weighted by Crippen LogP contribution is 2.33. The summed E-state index contributed by atoms with van der Waals surface area (Å²) in [6.45, 7) is 5.48. The Balaban J connectivity index is 1.90. The van der Waals surface area contributed by atoms with Crippen LogP contribution in [-0.4, -0.2) is 35.6 Å². The molecule has 124 valence electrons. The Hall–Kier alpha value is -1.58. The van der Waals surface area contributed by atoms with Crippen LogP contribution in [0.4, 0.5) is 0 Å². The van der Waals surface area contributed by atoms with Gasteiger partial charge in [-0.05, 0) is 63.9 Å². The molecule has 1 aliphatic heterocycles. The molecule has 3 rings (SSSR count). The number of hydrogen-bond acceptors (Lipinski definition) is 2. The molecule has 3 atom stereocenters. The SMILES string of the molecule is Cc1cc(C(c2ccccc2)C(N)CC2CCCN2C)c(C)[nH]1. The van der Waals surface area contributed by atoms with Crippen LogP contribution in [0.1, 0.15) is 47.7 Å². The molecule has 2 aromatic rings. The first kappa shape index (κ1) is 16.3. The minimum atomic E-state index is 0.136. The predicted molar refractivity (Wildman–Crippen MR) is 96.8 cm³/mol. The molecule has 1 aromatic heterocycles. The monoisotopic (exact) mass is 311 g/mol. The van der Waals surface area contributed by atoms with Crippen LogP contribution < -0.4 is 5.73 Å². The van der Waals surface area contributed by atoms with E-state index in [-0.39, 0.29) is 12.0 Å². The fraction of sp³-hybridized carbons (Fsp3) is 0.500. The van der Waals surface area contributed by atoms with Gasteiger partial charge in [-0.25, -0.2) is 0 Å². The summed E-state index contributed by atoms with van der Waals surface area (Å²) in [5.41, 5.74) is 11.9. The molecule has 0 amide bonds. The number of likely N-dealkylation sites (tertiary alicyclic amines) is 1. The maximum absolute atomic E-state index is 6.76. The van der Waals surface area contributed by atoms with Gasteiger partial charge in [0.15, 0.2) is 0 Å². The molecule has 0 aliphatic carbocycles. The molecule has 1 aromatic carbocycles. The molecule has 3 heteroatoms. The van der Waals surface area contributed by atoms with Gasteiger partial charge in [-0.2, -0.15) is 0 Å². The van der Waals surface area contributed by atoms with E-state index in [4.69, 9.17) is 5.73 Å². The van der Waals surface area contributed by atoms with Crippen LogP contribution in [0.2, 0.25) is 0 Å². The van der Waals surface area contributed by atoms with E-state index in [2.05, 4.69) is 67.2 Å². The van der Waals surface area contributed by atoms with Crippen molar-refractivity contribution in [3.63, 3.8) is 0 Å². The average Bonchev–Trinajstić information content (AvgIpc) is 3.07. The normalized spacial score (nSPS) is 21.5. The minimum Gasteiger partial charge on any atom is -0.362 e. The van der Waals surface area contributed by atoms with E-state index < -0.39 is 0 Å². The van der Waals surface area contributed by atoms with Crippen LogP contribution in [0, 0.1) is 13.8 Å². The summed E-state index contributed by atoms with van der Waals surface area (Å²) < 4.78 is 0. The summed E-state index contributed by atoms with van der Waals surface area (Å²) in [4.78, 5) is 5.92. The number of H-pyrrole nitrogens is 1. The van der Waals surface area contributed by atoms with Crippen LogP contribution in [0.3, 0.4) is 0 Å². The molecule has 23 heavy (non-hydrogen) atoms. The maximum Gasteiger partial charge on any atom is 0.0259 e. The van der Waals surface area contributed by atoms with Crippen molar-refractivity contribution >= 4 is 0 Å². The lowest BCUT2D eigenvalue weighted by molar-refractivity contribution is 0.276. The van der Waals surface area contributed by atoms with Gasteiger partial charge in [0.25, 0.3) is 0 Å². The fourth-order valence-electron chi connectivity index (χ4n) is 4.11. The standard InChI is InChI=1S/C20H29N3/c1-14-12-18(15(2)22-14)20(16-8-5-4-6-9-16)19(21)13-17-10-7-11-23(17)3/h4-6,8-9,12,17,19-20,22H,7,10-11,13,21H2,1-3H3. The summed E-state index contributed by atoms with van der Waals surface area (Å²) in [6.07, 6.45) is 3.63. The van der Waals surface area contributed by atoms with E-state index in [1.54, 1.807) is 0 Å². The summed E-state index contributed by atoms with van der Waals surface area (Å²) in [6, 6.07) is 13.8. The summed E-state index contributed by atoms with van der Waals surface area (Å²) in [7, 11) is 2.23. The van der Waals surface area contributed by atoms with Crippen molar-refractivity contribution in [2.45, 2.75) is 51.1 Å². The fourth-order valence-corrected chi connectivity index (χ4v) is 4.11. The predicted octanol–water partition coefficient (Wildman–Crippen LogP) is 3.58. The largest absolute Gasteiger partial charge is 0.362 e. The molecule has 3 unspecified atom stereocenters. The number of nitrogens with two attached hydrogens (primary N) is 1. The number of rotatable bonds is 5. The van der Waals surface area contributed by atoms with Crippen molar-refractivity contribution in [1.29, 1.82) is 0 Å². The number of aromatic nitrogens is 1. The first-order chi connectivity index (χ1) is 11.1. The molecule has 1 fully saturated rings. The summed E-state index contributed by atoms with van der Waals surface area (Å²) in [5, 5.41) is 0. The third kappa shape index (κ3) is 3.51. The van der Waals surface area contributed by atoms with Crippen molar-refractivity contribution in [2.24, 2.45) is 5.73 Å². The Kier molecular flexibility index (Phi) is 4.88. The van der Waals surface area contributed by atoms with Crippen molar-refractivity contribution in [3.05, 3.63) is 58.9 Å². The molecule has 2 heterocycles. The number of aromatic amines is 1. The van der Waals surface area contributed by atoms with Crippen molar-refractivity contribution in [3.8, 4) is 0 Å². The number of hydrogen-bond donors (Lipinski definition) is 2. The third-order valence-electron chi connectivity index (χ3n) is 5.33. The zero-order valence-corrected chi connectivity index (χ0v) is 14.5. The van der Waals surface area contributed by atoms with E-state index in [9.17, 15) is 0 Å². The number of benzene rings is 1. The van der Waals surface area contributed by atoms with Gasteiger partial charge in [-0.3, -0.25) is 0 Å².